The smallest absolute Gasteiger partial charge is 0.298 e. The molecule has 0 saturated heterocycles. The van der Waals surface area contributed by atoms with Crippen LogP contribution in [0.4, 0.5) is 10.8 Å². The second-order valence-corrected chi connectivity index (χ2v) is 4.55. The molecular formula is C9H12N6O2S. The topological polar surface area (TPSA) is 97.5 Å². The molecule has 0 radical (unpaired) electrons. The summed E-state index contributed by atoms with van der Waals surface area (Å²) in [5.41, 5.74) is -0.171. The molecule has 96 valence electrons. The van der Waals surface area contributed by atoms with Gasteiger partial charge in [-0.2, -0.15) is 0 Å². The van der Waals surface area contributed by atoms with E-state index in [4.69, 9.17) is 4.74 Å². The van der Waals surface area contributed by atoms with Crippen LogP contribution >= 0.6 is 11.3 Å². The van der Waals surface area contributed by atoms with Gasteiger partial charge in [-0.05, 0) is 13.8 Å². The van der Waals surface area contributed by atoms with Gasteiger partial charge in [-0.15, -0.1) is 20.4 Å². The zero-order valence-electron chi connectivity index (χ0n) is 10.2. The maximum atomic E-state index is 11.8. The second-order valence-electron chi connectivity index (χ2n) is 3.39. The number of nitrogens with zero attached hydrogens (tertiary/aromatic N) is 5. The van der Waals surface area contributed by atoms with Crippen molar-refractivity contribution in [2.45, 2.75) is 13.8 Å². The van der Waals surface area contributed by atoms with Gasteiger partial charge in [0.1, 0.15) is 5.01 Å². The molecule has 0 fully saturated rings. The monoisotopic (exact) mass is 268 g/mol. The minimum absolute atomic E-state index is 0.132. The number of azo groups is 1. The van der Waals surface area contributed by atoms with Crippen molar-refractivity contribution in [1.29, 1.82) is 0 Å². The van der Waals surface area contributed by atoms with E-state index >= 15 is 0 Å². The fourth-order valence-electron chi connectivity index (χ4n) is 1.26. The molecule has 0 spiro atoms. The van der Waals surface area contributed by atoms with Crippen molar-refractivity contribution in [2.24, 2.45) is 17.3 Å². The molecule has 2 rings (SSSR count). The van der Waals surface area contributed by atoms with Crippen LogP contribution in [0.25, 0.3) is 0 Å². The van der Waals surface area contributed by atoms with Gasteiger partial charge in [-0.1, -0.05) is 11.3 Å². The van der Waals surface area contributed by atoms with Gasteiger partial charge in [0.25, 0.3) is 10.7 Å². The van der Waals surface area contributed by atoms with Crippen molar-refractivity contribution in [2.75, 3.05) is 6.61 Å². The van der Waals surface area contributed by atoms with Gasteiger partial charge in [-0.25, -0.2) is 0 Å². The third kappa shape index (κ3) is 2.45. The summed E-state index contributed by atoms with van der Waals surface area (Å²) in [6.45, 7) is 4.07. The highest BCUT2D eigenvalue weighted by Gasteiger charge is 2.13. The first kappa shape index (κ1) is 12.4. The van der Waals surface area contributed by atoms with Crippen LogP contribution in [0.5, 0.6) is 5.88 Å². The summed E-state index contributed by atoms with van der Waals surface area (Å²) in [5.74, 6) is 0.301. The lowest BCUT2D eigenvalue weighted by Crippen LogP contribution is -2.10. The lowest BCUT2D eigenvalue weighted by atomic mass is 10.5. The molecule has 0 aliphatic carbocycles. The highest BCUT2D eigenvalue weighted by molar-refractivity contribution is 7.14. The molecule has 0 saturated carbocycles. The maximum absolute atomic E-state index is 11.8. The predicted molar refractivity (Wildman–Crippen MR) is 66.0 cm³/mol. The molecule has 0 atom stereocenters. The summed E-state index contributed by atoms with van der Waals surface area (Å²) >= 11 is 1.30. The Morgan fingerprint density at radius 1 is 1.44 bits per heavy atom. The van der Waals surface area contributed by atoms with E-state index in [1.165, 1.54) is 16.0 Å². The number of ether oxygens (including phenoxy) is 1. The third-order valence-electron chi connectivity index (χ3n) is 2.03. The molecule has 8 nitrogen and oxygen atoms in total. The fourth-order valence-corrected chi connectivity index (χ4v) is 1.77. The van der Waals surface area contributed by atoms with Gasteiger partial charge in [-0.3, -0.25) is 14.6 Å². The fraction of sp³-hybridized carbons (Fsp3) is 0.444. The number of nitrogens with one attached hydrogen (secondary N) is 1. The average Bonchev–Trinajstić information content (AvgIpc) is 2.84. The lowest BCUT2D eigenvalue weighted by molar-refractivity contribution is 0.324. The van der Waals surface area contributed by atoms with Crippen molar-refractivity contribution < 1.29 is 4.74 Å². The van der Waals surface area contributed by atoms with E-state index < -0.39 is 0 Å². The molecule has 0 aliphatic rings. The van der Waals surface area contributed by atoms with Crippen molar-refractivity contribution in [1.82, 2.24) is 20.0 Å². The number of aryl methyl sites for hydroxylation is 2. The Bertz CT molecular complexity index is 625. The zero-order valence-corrected chi connectivity index (χ0v) is 11.0. The lowest BCUT2D eigenvalue weighted by Gasteiger charge is -1.97. The molecule has 0 bridgehead atoms. The van der Waals surface area contributed by atoms with E-state index in [0.29, 0.717) is 17.6 Å². The molecule has 9 heteroatoms. The van der Waals surface area contributed by atoms with E-state index in [1.807, 2.05) is 13.8 Å². The summed E-state index contributed by atoms with van der Waals surface area (Å²) in [4.78, 5) is 11.8. The Kier molecular flexibility index (Phi) is 3.51. The summed E-state index contributed by atoms with van der Waals surface area (Å²) in [5, 5.41) is 19.3. The number of hydrogen-bond acceptors (Lipinski definition) is 7. The van der Waals surface area contributed by atoms with E-state index in [1.54, 1.807) is 7.05 Å². The van der Waals surface area contributed by atoms with Crippen LogP contribution in [0.1, 0.15) is 11.9 Å². The first-order valence-corrected chi connectivity index (χ1v) is 6.07. The van der Waals surface area contributed by atoms with Crippen molar-refractivity contribution >= 4 is 22.2 Å². The molecule has 1 N–H and O–H groups in total. The highest BCUT2D eigenvalue weighted by Crippen LogP contribution is 2.24. The number of aromatic nitrogens is 4. The summed E-state index contributed by atoms with van der Waals surface area (Å²) in [6, 6.07) is 0. The molecule has 2 heterocycles. The van der Waals surface area contributed by atoms with Crippen LogP contribution < -0.4 is 10.3 Å². The first-order chi connectivity index (χ1) is 8.61. The van der Waals surface area contributed by atoms with E-state index in [2.05, 4.69) is 25.5 Å². The quantitative estimate of drug-likeness (QED) is 0.853. The number of rotatable bonds is 4. The normalized spacial score (nSPS) is 11.3. The Hall–Kier alpha value is -2.03. The minimum atomic E-state index is -0.302. The second kappa shape index (κ2) is 5.08. The van der Waals surface area contributed by atoms with Gasteiger partial charge in [0.2, 0.25) is 11.6 Å². The molecule has 0 amide bonds. The summed E-state index contributed by atoms with van der Waals surface area (Å²) in [7, 11) is 1.58. The Morgan fingerprint density at radius 2 is 2.22 bits per heavy atom. The van der Waals surface area contributed by atoms with Gasteiger partial charge in [0.15, 0.2) is 0 Å². The third-order valence-corrected chi connectivity index (χ3v) is 2.75. The SMILES string of the molecule is CCOc1[nH]n(C)c(=O)c1/N=N/c1nnc(C)s1. The Labute approximate surface area is 106 Å². The van der Waals surface area contributed by atoms with Crippen LogP contribution in [0.15, 0.2) is 15.0 Å². The molecule has 2 aromatic heterocycles. The van der Waals surface area contributed by atoms with E-state index in [9.17, 15) is 4.79 Å². The van der Waals surface area contributed by atoms with Gasteiger partial charge < -0.3 is 4.74 Å². The van der Waals surface area contributed by atoms with Crippen LogP contribution in [-0.2, 0) is 7.05 Å². The Morgan fingerprint density at radius 3 is 2.83 bits per heavy atom. The van der Waals surface area contributed by atoms with Gasteiger partial charge >= 0.3 is 0 Å². The summed E-state index contributed by atoms with van der Waals surface area (Å²) < 4.78 is 6.55. The molecule has 18 heavy (non-hydrogen) atoms. The average molecular weight is 268 g/mol. The summed E-state index contributed by atoms with van der Waals surface area (Å²) in [6.07, 6.45) is 0. The van der Waals surface area contributed by atoms with E-state index in [-0.39, 0.29) is 11.2 Å². The van der Waals surface area contributed by atoms with E-state index in [0.717, 1.165) is 5.01 Å². The number of aromatic amines is 1. The molecular weight excluding hydrogens is 256 g/mol. The van der Waals surface area contributed by atoms with Crippen LogP contribution in [0.3, 0.4) is 0 Å². The number of H-pyrrole nitrogens is 1. The zero-order chi connectivity index (χ0) is 13.1. The molecule has 0 aliphatic heterocycles. The Balaban J connectivity index is 2.33. The minimum Gasteiger partial charge on any atom is -0.477 e. The highest BCUT2D eigenvalue weighted by atomic mass is 32.1. The van der Waals surface area contributed by atoms with Crippen LogP contribution in [-0.4, -0.2) is 26.6 Å². The predicted octanol–water partition coefficient (Wildman–Crippen LogP) is 1.69. The first-order valence-electron chi connectivity index (χ1n) is 5.25. The van der Waals surface area contributed by atoms with Gasteiger partial charge in [0.05, 0.1) is 6.61 Å². The molecule has 0 unspecified atom stereocenters. The van der Waals surface area contributed by atoms with Crippen molar-refractivity contribution in [3.63, 3.8) is 0 Å². The standard InChI is InChI=1S/C9H12N6O2S/c1-4-17-7-6(8(16)15(3)14-7)11-13-9-12-10-5(2)18-9/h14H,4H2,1-3H3/b13-11+. The molecule has 2 aromatic rings. The number of hydrogen-bond donors (Lipinski definition) is 1. The largest absolute Gasteiger partial charge is 0.477 e. The van der Waals surface area contributed by atoms with Crippen molar-refractivity contribution in [3.8, 4) is 5.88 Å². The van der Waals surface area contributed by atoms with Crippen molar-refractivity contribution in [3.05, 3.63) is 15.4 Å². The van der Waals surface area contributed by atoms with Crippen LogP contribution in [0.2, 0.25) is 0 Å². The van der Waals surface area contributed by atoms with Gasteiger partial charge in [0, 0.05) is 7.05 Å². The van der Waals surface area contributed by atoms with Crippen LogP contribution in [0, 0.1) is 6.92 Å². The molecule has 0 aromatic carbocycles. The maximum Gasteiger partial charge on any atom is 0.298 e.